The molecule has 2 aliphatic heterocycles. The van der Waals surface area contributed by atoms with Gasteiger partial charge in [0.2, 0.25) is 5.91 Å². The lowest BCUT2D eigenvalue weighted by atomic mass is 10.2. The van der Waals surface area contributed by atoms with Crippen molar-refractivity contribution in [2.24, 2.45) is 5.92 Å². The second kappa shape index (κ2) is 5.50. The van der Waals surface area contributed by atoms with Gasteiger partial charge < -0.3 is 4.90 Å². The van der Waals surface area contributed by atoms with Gasteiger partial charge in [-0.3, -0.25) is 9.69 Å². The van der Waals surface area contributed by atoms with Gasteiger partial charge in [0.15, 0.2) is 0 Å². The number of rotatable bonds is 4. The van der Waals surface area contributed by atoms with Crippen LogP contribution in [-0.4, -0.2) is 53.3 Å². The molecule has 2 heterocycles. The lowest BCUT2D eigenvalue weighted by Gasteiger charge is -2.27. The smallest absolute Gasteiger partial charge is 0.223 e. The van der Waals surface area contributed by atoms with Crippen LogP contribution in [0.4, 0.5) is 0 Å². The molecular formula is C12H21BrN2O. The van der Waals surface area contributed by atoms with E-state index in [4.69, 9.17) is 0 Å². The zero-order chi connectivity index (χ0) is 11.5. The Hall–Kier alpha value is -0.0900. The largest absolute Gasteiger partial charge is 0.341 e. The van der Waals surface area contributed by atoms with Gasteiger partial charge in [0.25, 0.3) is 0 Å². The first-order valence-electron chi connectivity index (χ1n) is 6.32. The van der Waals surface area contributed by atoms with Crippen molar-refractivity contribution in [3.05, 3.63) is 0 Å². The number of nitrogens with zero attached hydrogens (tertiary/aromatic N) is 2. The molecule has 2 saturated heterocycles. The monoisotopic (exact) mass is 288 g/mol. The average Bonchev–Trinajstić information content (AvgIpc) is 2.86. The number of hydrogen-bond acceptors (Lipinski definition) is 2. The van der Waals surface area contributed by atoms with E-state index in [0.29, 0.717) is 17.9 Å². The molecule has 92 valence electrons. The molecule has 2 unspecified atom stereocenters. The highest BCUT2D eigenvalue weighted by molar-refractivity contribution is 9.09. The molecule has 0 bridgehead atoms. The summed E-state index contributed by atoms with van der Waals surface area (Å²) in [6, 6.07) is 0.614. The molecule has 2 fully saturated rings. The van der Waals surface area contributed by atoms with Crippen LogP contribution in [0, 0.1) is 5.92 Å². The highest BCUT2D eigenvalue weighted by atomic mass is 79.9. The van der Waals surface area contributed by atoms with Gasteiger partial charge in [-0.25, -0.2) is 0 Å². The van der Waals surface area contributed by atoms with Crippen LogP contribution >= 0.6 is 15.9 Å². The summed E-state index contributed by atoms with van der Waals surface area (Å²) in [7, 11) is 0. The van der Waals surface area contributed by atoms with Crippen molar-refractivity contribution in [3.8, 4) is 0 Å². The van der Waals surface area contributed by atoms with E-state index in [1.165, 1.54) is 19.4 Å². The van der Waals surface area contributed by atoms with Crippen LogP contribution in [-0.2, 0) is 4.79 Å². The van der Waals surface area contributed by atoms with E-state index in [2.05, 4.69) is 32.7 Å². The topological polar surface area (TPSA) is 23.6 Å². The summed E-state index contributed by atoms with van der Waals surface area (Å²) < 4.78 is 0. The van der Waals surface area contributed by atoms with Crippen molar-refractivity contribution in [2.75, 3.05) is 31.5 Å². The summed E-state index contributed by atoms with van der Waals surface area (Å²) in [6.07, 6.45) is 3.29. The lowest BCUT2D eigenvalue weighted by molar-refractivity contribution is -0.128. The van der Waals surface area contributed by atoms with Crippen molar-refractivity contribution in [1.29, 1.82) is 0 Å². The molecule has 0 saturated carbocycles. The van der Waals surface area contributed by atoms with Crippen molar-refractivity contribution in [1.82, 2.24) is 9.80 Å². The standard InChI is InChI=1S/C12H21BrN2O/c1-2-14-5-3-4-11(14)9-15-8-10(7-13)6-12(15)16/h10-11H,2-9H2,1H3. The Balaban J connectivity index is 1.87. The van der Waals surface area contributed by atoms with Gasteiger partial charge in [0.05, 0.1) is 0 Å². The highest BCUT2D eigenvalue weighted by Gasteiger charge is 2.32. The van der Waals surface area contributed by atoms with E-state index >= 15 is 0 Å². The van der Waals surface area contributed by atoms with Crippen LogP contribution in [0.3, 0.4) is 0 Å². The Bertz CT molecular complexity index is 259. The van der Waals surface area contributed by atoms with E-state index in [9.17, 15) is 4.79 Å². The summed E-state index contributed by atoms with van der Waals surface area (Å²) >= 11 is 3.48. The zero-order valence-electron chi connectivity index (χ0n) is 9.99. The van der Waals surface area contributed by atoms with E-state index < -0.39 is 0 Å². The minimum Gasteiger partial charge on any atom is -0.341 e. The summed E-state index contributed by atoms with van der Waals surface area (Å²) in [4.78, 5) is 16.4. The molecule has 2 atom stereocenters. The molecule has 1 amide bonds. The minimum atomic E-state index is 0.354. The Morgan fingerprint density at radius 2 is 2.31 bits per heavy atom. The predicted octanol–water partition coefficient (Wildman–Crippen LogP) is 1.71. The minimum absolute atomic E-state index is 0.354. The van der Waals surface area contributed by atoms with E-state index in [-0.39, 0.29) is 0 Å². The maximum absolute atomic E-state index is 11.8. The van der Waals surface area contributed by atoms with Gasteiger partial charge in [-0.1, -0.05) is 22.9 Å². The Morgan fingerprint density at radius 3 is 2.94 bits per heavy atom. The molecule has 0 aliphatic carbocycles. The van der Waals surface area contributed by atoms with Crippen LogP contribution < -0.4 is 0 Å². The van der Waals surface area contributed by atoms with Gasteiger partial charge in [-0.05, 0) is 31.8 Å². The van der Waals surface area contributed by atoms with Crippen molar-refractivity contribution >= 4 is 21.8 Å². The number of hydrogen-bond donors (Lipinski definition) is 0. The number of likely N-dealkylation sites (N-methyl/N-ethyl adjacent to an activating group) is 1. The first-order valence-corrected chi connectivity index (χ1v) is 7.44. The first kappa shape index (κ1) is 12.4. The number of carbonyl (C=O) groups is 1. The van der Waals surface area contributed by atoms with E-state index in [1.807, 2.05) is 0 Å². The van der Waals surface area contributed by atoms with Crippen molar-refractivity contribution in [3.63, 3.8) is 0 Å². The number of alkyl halides is 1. The molecule has 2 aliphatic rings. The number of amides is 1. The summed E-state index contributed by atoms with van der Waals surface area (Å²) in [5, 5.41) is 0.956. The normalized spacial score (nSPS) is 31.6. The van der Waals surface area contributed by atoms with Gasteiger partial charge in [-0.2, -0.15) is 0 Å². The molecule has 0 aromatic carbocycles. The molecular weight excluding hydrogens is 268 g/mol. The third-order valence-electron chi connectivity index (χ3n) is 3.85. The number of likely N-dealkylation sites (tertiary alicyclic amines) is 2. The predicted molar refractivity (Wildman–Crippen MR) is 68.8 cm³/mol. The maximum Gasteiger partial charge on any atom is 0.223 e. The van der Waals surface area contributed by atoms with Gasteiger partial charge >= 0.3 is 0 Å². The molecule has 0 N–H and O–H groups in total. The summed E-state index contributed by atoms with van der Waals surface area (Å²) in [5.74, 6) is 0.886. The van der Waals surface area contributed by atoms with Gasteiger partial charge in [0, 0.05) is 30.9 Å². The van der Waals surface area contributed by atoms with Crippen LogP contribution in [0.25, 0.3) is 0 Å². The van der Waals surface area contributed by atoms with Gasteiger partial charge in [0.1, 0.15) is 0 Å². The number of carbonyl (C=O) groups excluding carboxylic acids is 1. The molecule has 0 aromatic rings. The molecule has 16 heavy (non-hydrogen) atoms. The fraction of sp³-hybridized carbons (Fsp3) is 0.917. The Kier molecular flexibility index (Phi) is 4.25. The SMILES string of the molecule is CCN1CCCC1CN1CC(CBr)CC1=O. The summed E-state index contributed by atoms with van der Waals surface area (Å²) in [5.41, 5.74) is 0. The van der Waals surface area contributed by atoms with Crippen LogP contribution in [0.15, 0.2) is 0 Å². The second-order valence-corrected chi connectivity index (χ2v) is 5.60. The molecule has 0 radical (unpaired) electrons. The third-order valence-corrected chi connectivity index (χ3v) is 4.76. The van der Waals surface area contributed by atoms with Crippen LogP contribution in [0.2, 0.25) is 0 Å². The van der Waals surface area contributed by atoms with Crippen molar-refractivity contribution < 1.29 is 4.79 Å². The zero-order valence-corrected chi connectivity index (χ0v) is 11.6. The molecule has 0 aromatic heterocycles. The fourth-order valence-electron chi connectivity index (χ4n) is 2.91. The molecule has 0 spiro atoms. The Labute approximate surface area is 106 Å². The molecule has 3 nitrogen and oxygen atoms in total. The first-order chi connectivity index (χ1) is 7.74. The second-order valence-electron chi connectivity index (χ2n) is 4.95. The molecule has 4 heteroatoms. The van der Waals surface area contributed by atoms with Crippen LogP contribution in [0.5, 0.6) is 0 Å². The maximum atomic E-state index is 11.8. The van der Waals surface area contributed by atoms with E-state index in [1.54, 1.807) is 0 Å². The fourth-order valence-corrected chi connectivity index (χ4v) is 3.34. The van der Waals surface area contributed by atoms with Gasteiger partial charge in [-0.15, -0.1) is 0 Å². The average molecular weight is 289 g/mol. The lowest BCUT2D eigenvalue weighted by Crippen LogP contribution is -2.41. The molecule has 2 rings (SSSR count). The van der Waals surface area contributed by atoms with Crippen molar-refractivity contribution in [2.45, 2.75) is 32.2 Å². The van der Waals surface area contributed by atoms with E-state index in [0.717, 1.165) is 31.4 Å². The Morgan fingerprint density at radius 1 is 1.50 bits per heavy atom. The quantitative estimate of drug-likeness (QED) is 0.736. The third kappa shape index (κ3) is 2.59. The highest BCUT2D eigenvalue weighted by Crippen LogP contribution is 2.23. The summed E-state index contributed by atoms with van der Waals surface area (Å²) in [6.45, 7) is 6.46. The van der Waals surface area contributed by atoms with Crippen LogP contribution in [0.1, 0.15) is 26.2 Å². The number of halogens is 1.